The Morgan fingerprint density at radius 2 is 1.86 bits per heavy atom. The van der Waals surface area contributed by atoms with Crippen molar-refractivity contribution < 1.29 is 9.53 Å². The van der Waals surface area contributed by atoms with Gasteiger partial charge in [0.15, 0.2) is 0 Å². The second-order valence-corrected chi connectivity index (χ2v) is 5.31. The zero-order valence-corrected chi connectivity index (χ0v) is 9.67. The van der Waals surface area contributed by atoms with Gasteiger partial charge in [-0.25, -0.2) is 0 Å². The summed E-state index contributed by atoms with van der Waals surface area (Å²) in [5.74, 6) is 0. The molecule has 76 valence electrons. The standard InChI is InChI=1S/C8H18B3NO2/c1-7(14-8(9,10)11)2-4-12(6-13)5-3-7/h6H,2-5,9-11H2,1H3. The fourth-order valence-corrected chi connectivity index (χ4v) is 1.94. The predicted octanol–water partition coefficient (Wildman–Crippen LogP) is -2.48. The van der Waals surface area contributed by atoms with Crippen LogP contribution in [0.15, 0.2) is 0 Å². The normalized spacial score (nSPS) is 21.9. The Bertz CT molecular complexity index is 209. The van der Waals surface area contributed by atoms with E-state index >= 15 is 0 Å². The molecule has 0 aromatic carbocycles. The van der Waals surface area contributed by atoms with Crippen LogP contribution in [0.1, 0.15) is 19.8 Å². The fourth-order valence-electron chi connectivity index (χ4n) is 1.94. The van der Waals surface area contributed by atoms with E-state index < -0.39 is 0 Å². The summed E-state index contributed by atoms with van der Waals surface area (Å²) in [4.78, 5) is 12.4. The van der Waals surface area contributed by atoms with Crippen LogP contribution < -0.4 is 0 Å². The molecule has 1 rings (SSSR count). The Kier molecular flexibility index (Phi) is 3.35. The van der Waals surface area contributed by atoms with E-state index in [0.29, 0.717) is 0 Å². The van der Waals surface area contributed by atoms with Crippen molar-refractivity contribution in [3.63, 3.8) is 0 Å². The molecule has 1 fully saturated rings. The summed E-state index contributed by atoms with van der Waals surface area (Å²) in [5, 5.41) is -0.0991. The summed E-state index contributed by atoms with van der Waals surface area (Å²) in [6.45, 7) is 3.77. The van der Waals surface area contributed by atoms with Gasteiger partial charge >= 0.3 is 0 Å². The van der Waals surface area contributed by atoms with E-state index in [-0.39, 0.29) is 10.9 Å². The van der Waals surface area contributed by atoms with Crippen LogP contribution in [-0.2, 0) is 9.53 Å². The lowest BCUT2D eigenvalue weighted by molar-refractivity contribution is -0.125. The maximum Gasteiger partial charge on any atom is 0.209 e. The summed E-state index contributed by atoms with van der Waals surface area (Å²) in [5.41, 5.74) is -0.0578. The molecule has 0 bridgehead atoms. The first-order chi connectivity index (χ1) is 6.35. The Hall–Kier alpha value is -0.375. The van der Waals surface area contributed by atoms with Crippen molar-refractivity contribution >= 4 is 29.9 Å². The molecule has 1 heterocycles. The van der Waals surface area contributed by atoms with Gasteiger partial charge in [-0.2, -0.15) is 0 Å². The molecule has 0 radical (unpaired) electrons. The summed E-state index contributed by atoms with van der Waals surface area (Å²) < 4.78 is 6.02. The van der Waals surface area contributed by atoms with Gasteiger partial charge in [0.1, 0.15) is 23.5 Å². The molecule has 1 amide bonds. The molecular weight excluding hydrogens is 175 g/mol. The van der Waals surface area contributed by atoms with Crippen molar-refractivity contribution in [2.24, 2.45) is 0 Å². The van der Waals surface area contributed by atoms with Gasteiger partial charge in [-0.15, -0.1) is 0 Å². The van der Waals surface area contributed by atoms with Crippen molar-refractivity contribution in [3.05, 3.63) is 0 Å². The first kappa shape index (κ1) is 11.7. The highest BCUT2D eigenvalue weighted by molar-refractivity contribution is 6.58. The minimum Gasteiger partial charge on any atom is -0.394 e. The maximum absolute atomic E-state index is 10.5. The van der Waals surface area contributed by atoms with Gasteiger partial charge in [0.25, 0.3) is 0 Å². The lowest BCUT2D eigenvalue weighted by atomic mass is 9.52. The largest absolute Gasteiger partial charge is 0.394 e. The molecular formula is C8H18B3NO2. The van der Waals surface area contributed by atoms with Crippen LogP contribution in [0.5, 0.6) is 0 Å². The molecule has 0 spiro atoms. The van der Waals surface area contributed by atoms with E-state index in [1.165, 1.54) is 0 Å². The smallest absolute Gasteiger partial charge is 0.209 e. The number of carbonyl (C=O) groups is 1. The number of likely N-dealkylation sites (tertiary alicyclic amines) is 1. The number of nitrogens with zero attached hydrogens (tertiary/aromatic N) is 1. The Balaban J connectivity index is 2.49. The molecule has 0 aromatic heterocycles. The number of carbonyl (C=O) groups excluding carboxylic acids is 1. The fraction of sp³-hybridized carbons (Fsp3) is 0.875. The Labute approximate surface area is 88.8 Å². The summed E-state index contributed by atoms with van der Waals surface area (Å²) in [6.07, 6.45) is 2.79. The van der Waals surface area contributed by atoms with Crippen molar-refractivity contribution in [1.82, 2.24) is 4.90 Å². The highest BCUT2D eigenvalue weighted by Crippen LogP contribution is 2.27. The molecule has 0 unspecified atom stereocenters. The van der Waals surface area contributed by atoms with Crippen molar-refractivity contribution in [1.29, 1.82) is 0 Å². The first-order valence-corrected chi connectivity index (χ1v) is 5.24. The number of piperidine rings is 1. The van der Waals surface area contributed by atoms with Crippen LogP contribution in [-0.4, -0.2) is 58.8 Å². The molecule has 0 atom stereocenters. The monoisotopic (exact) mass is 193 g/mol. The average molecular weight is 193 g/mol. The predicted molar refractivity (Wildman–Crippen MR) is 64.7 cm³/mol. The Morgan fingerprint density at radius 1 is 1.36 bits per heavy atom. The van der Waals surface area contributed by atoms with E-state index in [1.54, 1.807) is 0 Å². The van der Waals surface area contributed by atoms with Gasteiger partial charge < -0.3 is 9.64 Å². The quantitative estimate of drug-likeness (QED) is 0.366. The summed E-state index contributed by atoms with van der Waals surface area (Å²) >= 11 is 0. The molecule has 0 N–H and O–H groups in total. The second-order valence-electron chi connectivity index (χ2n) is 5.31. The molecule has 3 nitrogen and oxygen atoms in total. The van der Waals surface area contributed by atoms with E-state index in [9.17, 15) is 4.79 Å². The molecule has 1 aliphatic heterocycles. The highest BCUT2D eigenvalue weighted by Gasteiger charge is 2.33. The Morgan fingerprint density at radius 3 is 2.21 bits per heavy atom. The lowest BCUT2D eigenvalue weighted by Crippen LogP contribution is -2.50. The van der Waals surface area contributed by atoms with Crippen LogP contribution in [0.3, 0.4) is 0 Å². The van der Waals surface area contributed by atoms with Crippen LogP contribution in [0.2, 0.25) is 0 Å². The van der Waals surface area contributed by atoms with E-state index in [1.807, 2.05) is 4.90 Å². The van der Waals surface area contributed by atoms with Crippen LogP contribution in [0.25, 0.3) is 0 Å². The minimum atomic E-state index is -0.0991. The highest BCUT2D eigenvalue weighted by atomic mass is 16.5. The molecule has 0 aromatic rings. The second kappa shape index (κ2) is 4.01. The van der Waals surface area contributed by atoms with Crippen molar-refractivity contribution in [2.45, 2.75) is 30.7 Å². The SMILES string of the molecule is BC(B)(B)OC1(C)CCN(C=O)CC1. The van der Waals surface area contributed by atoms with Crippen LogP contribution in [0, 0.1) is 0 Å². The van der Waals surface area contributed by atoms with Gasteiger partial charge in [0, 0.05) is 13.1 Å². The number of hydrogen-bond donors (Lipinski definition) is 0. The van der Waals surface area contributed by atoms with E-state index in [0.717, 1.165) is 32.3 Å². The molecule has 1 saturated heterocycles. The molecule has 14 heavy (non-hydrogen) atoms. The number of hydrogen-bond acceptors (Lipinski definition) is 2. The lowest BCUT2D eigenvalue weighted by Gasteiger charge is -2.42. The van der Waals surface area contributed by atoms with Crippen LogP contribution in [0.4, 0.5) is 0 Å². The van der Waals surface area contributed by atoms with Gasteiger partial charge in [0.2, 0.25) is 6.41 Å². The molecule has 0 aliphatic carbocycles. The van der Waals surface area contributed by atoms with Gasteiger partial charge in [-0.1, -0.05) is 0 Å². The molecule has 6 heteroatoms. The maximum atomic E-state index is 10.5. The zero-order valence-electron chi connectivity index (χ0n) is 9.67. The topological polar surface area (TPSA) is 29.5 Å². The zero-order chi connectivity index (χ0) is 10.8. The number of ether oxygens (including phenoxy) is 1. The van der Waals surface area contributed by atoms with Crippen molar-refractivity contribution in [3.8, 4) is 0 Å². The van der Waals surface area contributed by atoms with Crippen LogP contribution >= 0.6 is 0 Å². The molecule has 1 aliphatic rings. The summed E-state index contributed by atoms with van der Waals surface area (Å²) in [6, 6.07) is 0. The van der Waals surface area contributed by atoms with Gasteiger partial charge in [0.05, 0.1) is 5.60 Å². The average Bonchev–Trinajstić information content (AvgIpc) is 2.01. The summed E-state index contributed by atoms with van der Waals surface area (Å²) in [7, 11) is 6.22. The minimum absolute atomic E-state index is 0.0578. The third-order valence-electron chi connectivity index (χ3n) is 2.56. The van der Waals surface area contributed by atoms with E-state index in [2.05, 4.69) is 30.5 Å². The number of amides is 1. The number of rotatable bonds is 3. The van der Waals surface area contributed by atoms with E-state index in [4.69, 9.17) is 4.74 Å². The third kappa shape index (κ3) is 3.41. The third-order valence-corrected chi connectivity index (χ3v) is 2.56. The van der Waals surface area contributed by atoms with Gasteiger partial charge in [-0.3, -0.25) is 4.79 Å². The van der Waals surface area contributed by atoms with Gasteiger partial charge in [-0.05, 0) is 25.1 Å². The molecule has 0 saturated carbocycles. The first-order valence-electron chi connectivity index (χ1n) is 5.24. The van der Waals surface area contributed by atoms with Crippen molar-refractivity contribution in [2.75, 3.05) is 13.1 Å².